The molecule has 2 amide bonds. The Morgan fingerprint density at radius 3 is 2.31 bits per heavy atom. The summed E-state index contributed by atoms with van der Waals surface area (Å²) in [5.74, 6) is 2.78. The molecule has 4 saturated carbocycles. The van der Waals surface area contributed by atoms with Crippen molar-refractivity contribution < 1.29 is 13.2 Å². The molecule has 26 heavy (non-hydrogen) atoms. The zero-order valence-corrected chi connectivity index (χ0v) is 16.4. The van der Waals surface area contributed by atoms with Gasteiger partial charge in [0.25, 0.3) is 0 Å². The Morgan fingerprint density at radius 1 is 1.12 bits per heavy atom. The van der Waals surface area contributed by atoms with Crippen LogP contribution in [0.15, 0.2) is 0 Å². The summed E-state index contributed by atoms with van der Waals surface area (Å²) in [5, 5.41) is 5.84. The van der Waals surface area contributed by atoms with Gasteiger partial charge in [-0.1, -0.05) is 0 Å². The summed E-state index contributed by atoms with van der Waals surface area (Å²) in [6.45, 7) is 1.42. The zero-order chi connectivity index (χ0) is 18.5. The number of carbonyl (C=O) groups is 1. The van der Waals surface area contributed by atoms with Crippen LogP contribution in [-0.2, 0) is 10.0 Å². The van der Waals surface area contributed by atoms with E-state index in [9.17, 15) is 13.2 Å². The first-order valence-corrected chi connectivity index (χ1v) is 11.9. The minimum atomic E-state index is -3.21. The molecule has 5 fully saturated rings. The van der Waals surface area contributed by atoms with Gasteiger partial charge in [0.2, 0.25) is 10.0 Å². The molecule has 1 saturated heterocycles. The molecule has 5 rings (SSSR count). The number of hydrogen-bond donors (Lipinski definition) is 3. The summed E-state index contributed by atoms with van der Waals surface area (Å²) in [4.78, 5) is 12.3. The molecular weight excluding hydrogens is 352 g/mol. The zero-order valence-electron chi connectivity index (χ0n) is 15.6. The first-order valence-electron chi connectivity index (χ1n) is 10.0. The molecule has 5 aliphatic rings. The SMILES string of the molecule is CS(=O)(=O)N1CCC[C@@H]1CNC(=O)NCC1(N)C2CC3CC(C2)CC1C3. The van der Waals surface area contributed by atoms with Crippen molar-refractivity contribution in [2.24, 2.45) is 29.4 Å². The van der Waals surface area contributed by atoms with Gasteiger partial charge >= 0.3 is 6.03 Å². The third-order valence-electron chi connectivity index (χ3n) is 7.46. The lowest BCUT2D eigenvalue weighted by molar-refractivity contribution is -0.0529. The Labute approximate surface area is 156 Å². The van der Waals surface area contributed by atoms with Gasteiger partial charge < -0.3 is 16.4 Å². The molecule has 148 valence electrons. The topological polar surface area (TPSA) is 105 Å². The lowest BCUT2D eigenvalue weighted by Gasteiger charge is -2.59. The Hall–Kier alpha value is -0.860. The van der Waals surface area contributed by atoms with Crippen LogP contribution in [-0.4, -0.2) is 56.2 Å². The summed E-state index contributed by atoms with van der Waals surface area (Å²) >= 11 is 0. The van der Waals surface area contributed by atoms with E-state index < -0.39 is 10.0 Å². The van der Waals surface area contributed by atoms with Crippen molar-refractivity contribution in [1.82, 2.24) is 14.9 Å². The number of urea groups is 1. The van der Waals surface area contributed by atoms with Crippen molar-refractivity contribution in [3.05, 3.63) is 0 Å². The Balaban J connectivity index is 1.28. The smallest absolute Gasteiger partial charge is 0.314 e. The van der Waals surface area contributed by atoms with E-state index in [0.29, 0.717) is 31.5 Å². The average Bonchev–Trinajstić information content (AvgIpc) is 3.04. The highest BCUT2D eigenvalue weighted by Crippen LogP contribution is 2.57. The van der Waals surface area contributed by atoms with Crippen LogP contribution in [0.2, 0.25) is 0 Å². The number of rotatable bonds is 5. The van der Waals surface area contributed by atoms with Gasteiger partial charge in [-0.3, -0.25) is 0 Å². The third-order valence-corrected chi connectivity index (χ3v) is 8.79. The molecule has 0 aromatic rings. The van der Waals surface area contributed by atoms with Gasteiger partial charge in [-0.2, -0.15) is 4.31 Å². The van der Waals surface area contributed by atoms with Crippen LogP contribution in [0.25, 0.3) is 0 Å². The average molecular weight is 385 g/mol. The van der Waals surface area contributed by atoms with Crippen molar-refractivity contribution in [2.75, 3.05) is 25.9 Å². The van der Waals surface area contributed by atoms with Crippen LogP contribution in [0.5, 0.6) is 0 Å². The van der Waals surface area contributed by atoms with E-state index in [1.165, 1.54) is 42.7 Å². The molecule has 0 aromatic carbocycles. The predicted octanol–water partition coefficient (Wildman–Crippen LogP) is 0.863. The minimum Gasteiger partial charge on any atom is -0.337 e. The second kappa shape index (κ2) is 6.63. The van der Waals surface area contributed by atoms with E-state index in [-0.39, 0.29) is 17.6 Å². The number of nitrogens with zero attached hydrogens (tertiary/aromatic N) is 1. The van der Waals surface area contributed by atoms with Crippen LogP contribution in [0.4, 0.5) is 4.79 Å². The summed E-state index contributed by atoms with van der Waals surface area (Å²) in [6.07, 6.45) is 9.14. The highest BCUT2D eigenvalue weighted by Gasteiger charge is 2.55. The van der Waals surface area contributed by atoms with Crippen LogP contribution < -0.4 is 16.4 Å². The molecule has 0 spiro atoms. The number of nitrogens with two attached hydrogens (primary N) is 1. The van der Waals surface area contributed by atoms with Gasteiger partial charge in [0.05, 0.1) is 6.26 Å². The van der Waals surface area contributed by atoms with Crippen molar-refractivity contribution in [3.8, 4) is 0 Å². The summed E-state index contributed by atoms with van der Waals surface area (Å²) in [6, 6.07) is -0.368. The highest BCUT2D eigenvalue weighted by molar-refractivity contribution is 7.88. The fourth-order valence-electron chi connectivity index (χ4n) is 6.31. The maximum Gasteiger partial charge on any atom is 0.314 e. The summed E-state index contributed by atoms with van der Waals surface area (Å²) in [7, 11) is -3.21. The lowest BCUT2D eigenvalue weighted by atomic mass is 9.49. The van der Waals surface area contributed by atoms with E-state index >= 15 is 0 Å². The van der Waals surface area contributed by atoms with Crippen molar-refractivity contribution in [3.63, 3.8) is 0 Å². The Morgan fingerprint density at radius 2 is 1.73 bits per heavy atom. The summed E-state index contributed by atoms with van der Waals surface area (Å²) < 4.78 is 25.1. The Kier molecular flexibility index (Phi) is 4.72. The number of amides is 2. The number of sulfonamides is 1. The fourth-order valence-corrected chi connectivity index (χ4v) is 7.49. The number of carbonyl (C=O) groups excluding carboxylic acids is 1. The molecule has 0 unspecified atom stereocenters. The van der Waals surface area contributed by atoms with Gasteiger partial charge in [0.15, 0.2) is 0 Å². The quantitative estimate of drug-likeness (QED) is 0.654. The largest absolute Gasteiger partial charge is 0.337 e. The van der Waals surface area contributed by atoms with Gasteiger partial charge in [-0.25, -0.2) is 13.2 Å². The van der Waals surface area contributed by atoms with E-state index in [1.54, 1.807) is 0 Å². The van der Waals surface area contributed by atoms with Gasteiger partial charge in [0.1, 0.15) is 0 Å². The van der Waals surface area contributed by atoms with Gasteiger partial charge in [-0.05, 0) is 68.6 Å². The lowest BCUT2D eigenvalue weighted by Crippen LogP contribution is -2.67. The molecule has 1 aliphatic heterocycles. The molecule has 1 atom stereocenters. The van der Waals surface area contributed by atoms with Crippen LogP contribution in [0.1, 0.15) is 44.9 Å². The predicted molar refractivity (Wildman–Crippen MR) is 99.9 cm³/mol. The fraction of sp³-hybridized carbons (Fsp3) is 0.944. The van der Waals surface area contributed by atoms with Crippen LogP contribution in [0, 0.1) is 23.7 Å². The highest BCUT2D eigenvalue weighted by atomic mass is 32.2. The maximum atomic E-state index is 12.3. The molecule has 0 aromatic heterocycles. The van der Waals surface area contributed by atoms with Crippen LogP contribution >= 0.6 is 0 Å². The normalized spacial score (nSPS) is 42.2. The Bertz CT molecular complexity index is 637. The molecule has 4 aliphatic carbocycles. The maximum absolute atomic E-state index is 12.3. The van der Waals surface area contributed by atoms with E-state index in [2.05, 4.69) is 10.6 Å². The van der Waals surface area contributed by atoms with Crippen LogP contribution in [0.3, 0.4) is 0 Å². The second-order valence-electron chi connectivity index (χ2n) is 9.15. The molecule has 1 heterocycles. The molecule has 8 heteroatoms. The standard InChI is InChI=1S/C18H32N4O3S/c1-26(24,25)22-4-2-3-16(22)10-20-17(23)21-11-18(19)14-6-12-5-13(8-14)9-15(18)7-12/h12-16H,2-11,19H2,1H3,(H2,20,21,23)/t12?,13?,14?,15?,16-,18?/m1/s1. The molecule has 7 nitrogen and oxygen atoms in total. The first kappa shape index (κ1) is 18.5. The number of nitrogens with one attached hydrogen (secondary N) is 2. The third kappa shape index (κ3) is 3.36. The van der Waals surface area contributed by atoms with Crippen molar-refractivity contribution in [1.29, 1.82) is 0 Å². The summed E-state index contributed by atoms with van der Waals surface area (Å²) in [5.41, 5.74) is 6.54. The molecule has 4 N–H and O–H groups in total. The van der Waals surface area contributed by atoms with Gasteiger partial charge in [0, 0.05) is 31.2 Å². The van der Waals surface area contributed by atoms with Crippen molar-refractivity contribution >= 4 is 16.1 Å². The van der Waals surface area contributed by atoms with E-state index in [4.69, 9.17) is 5.73 Å². The molecule has 0 radical (unpaired) electrons. The molecular formula is C18H32N4O3S. The van der Waals surface area contributed by atoms with Gasteiger partial charge in [-0.15, -0.1) is 0 Å². The van der Waals surface area contributed by atoms with E-state index in [1.807, 2.05) is 0 Å². The molecule has 4 bridgehead atoms. The minimum absolute atomic E-state index is 0.135. The number of hydrogen-bond acceptors (Lipinski definition) is 4. The second-order valence-corrected chi connectivity index (χ2v) is 11.1. The van der Waals surface area contributed by atoms with Crippen molar-refractivity contribution in [2.45, 2.75) is 56.5 Å². The first-order chi connectivity index (χ1) is 12.3. The van der Waals surface area contributed by atoms with E-state index in [0.717, 1.165) is 24.7 Å². The monoisotopic (exact) mass is 384 g/mol.